The molecule has 8 heteroatoms. The van der Waals surface area contributed by atoms with Crippen LogP contribution in [0.3, 0.4) is 0 Å². The van der Waals surface area contributed by atoms with Crippen LogP contribution >= 0.6 is 0 Å². The first kappa shape index (κ1) is 31.3. The number of hydrogen-bond acceptors (Lipinski definition) is 6. The molecule has 0 saturated carbocycles. The molecule has 2 aromatic rings. The summed E-state index contributed by atoms with van der Waals surface area (Å²) in [6.07, 6.45) is 4.12. The Morgan fingerprint density at radius 2 is 1.71 bits per heavy atom. The third kappa shape index (κ3) is 8.58. The number of unbranched alkanes of at least 4 members (excludes halogenated alkanes) is 2. The number of amides is 1. The Hall–Kier alpha value is -2.87. The maximum absolute atomic E-state index is 13.4. The van der Waals surface area contributed by atoms with E-state index in [1.54, 1.807) is 25.1 Å². The van der Waals surface area contributed by atoms with Gasteiger partial charge in [0.2, 0.25) is 5.91 Å². The van der Waals surface area contributed by atoms with Crippen LogP contribution in [0.4, 0.5) is 5.69 Å². The number of sulfone groups is 1. The molecular weight excluding hydrogens is 502 g/mol. The molecule has 38 heavy (non-hydrogen) atoms. The Labute approximate surface area is 228 Å². The van der Waals surface area contributed by atoms with Crippen LogP contribution in [0.5, 0.6) is 5.75 Å². The van der Waals surface area contributed by atoms with E-state index >= 15 is 0 Å². The van der Waals surface area contributed by atoms with Crippen LogP contribution in [0.25, 0.3) is 0 Å². The van der Waals surface area contributed by atoms with Crippen LogP contribution in [0, 0.1) is 0 Å². The van der Waals surface area contributed by atoms with E-state index in [1.807, 2.05) is 18.2 Å². The number of nitrogens with one attached hydrogen (secondary N) is 1. The Bertz CT molecular complexity index is 1210. The predicted octanol–water partition coefficient (Wildman–Crippen LogP) is 6.19. The van der Waals surface area contributed by atoms with Gasteiger partial charge in [0.1, 0.15) is 5.75 Å². The summed E-state index contributed by atoms with van der Waals surface area (Å²) in [6, 6.07) is 10.6. The van der Waals surface area contributed by atoms with E-state index in [0.29, 0.717) is 11.4 Å². The van der Waals surface area contributed by atoms with Crippen molar-refractivity contribution < 1.29 is 27.5 Å². The second-order valence-electron chi connectivity index (χ2n) is 10.6. The fourth-order valence-corrected chi connectivity index (χ4v) is 5.42. The van der Waals surface area contributed by atoms with Gasteiger partial charge in [-0.05, 0) is 52.6 Å². The first-order valence-corrected chi connectivity index (χ1v) is 14.9. The van der Waals surface area contributed by atoms with Crippen LogP contribution in [0.1, 0.15) is 89.3 Å². The fraction of sp³-hybridized carbons (Fsp3) is 0.533. The van der Waals surface area contributed by atoms with E-state index in [4.69, 9.17) is 9.47 Å². The third-order valence-electron chi connectivity index (χ3n) is 6.71. The number of anilines is 1. The molecule has 0 radical (unpaired) electrons. The van der Waals surface area contributed by atoms with Crippen LogP contribution in [-0.2, 0) is 36.0 Å². The first-order valence-electron chi connectivity index (χ1n) is 13.3. The van der Waals surface area contributed by atoms with E-state index < -0.39 is 9.84 Å². The molecule has 0 bridgehead atoms. The van der Waals surface area contributed by atoms with Crippen molar-refractivity contribution in [3.8, 4) is 5.75 Å². The summed E-state index contributed by atoms with van der Waals surface area (Å²) in [6.45, 7) is 9.95. The van der Waals surface area contributed by atoms with Crippen LogP contribution in [0.15, 0.2) is 41.3 Å². The average molecular weight is 546 g/mol. The predicted molar refractivity (Wildman–Crippen MR) is 152 cm³/mol. The number of rotatable bonds is 13. The number of methoxy groups -OCH3 is 2. The summed E-state index contributed by atoms with van der Waals surface area (Å²) in [7, 11) is -0.510. The highest BCUT2D eigenvalue weighted by Crippen LogP contribution is 2.36. The van der Waals surface area contributed by atoms with Gasteiger partial charge in [0, 0.05) is 12.1 Å². The molecule has 0 aliphatic rings. The summed E-state index contributed by atoms with van der Waals surface area (Å²) in [5, 5.41) is 3.09. The zero-order valence-corrected chi connectivity index (χ0v) is 24.7. The minimum Gasteiger partial charge on any atom is -0.496 e. The van der Waals surface area contributed by atoms with Crippen molar-refractivity contribution in [3.63, 3.8) is 0 Å². The lowest BCUT2D eigenvalue weighted by atomic mass is 9.84. The zero-order chi connectivity index (χ0) is 28.5. The normalized spacial score (nSPS) is 12.6. The largest absolute Gasteiger partial charge is 0.496 e. The van der Waals surface area contributed by atoms with E-state index in [2.05, 4.69) is 33.0 Å². The standard InChI is InChI=1S/C30H43NO6S/c1-8-10-11-12-22(24-15-14-23(20-27(24)36-6)38(34,35)9-2)19-28(32)31-26-17-21(18-29(33)37-7)13-16-25(26)30(3,4)5/h13-17,20,22H,8-12,18-19H2,1-7H3,(H,31,32). The second kappa shape index (κ2) is 13.8. The van der Waals surface area contributed by atoms with Gasteiger partial charge >= 0.3 is 5.97 Å². The lowest BCUT2D eigenvalue weighted by molar-refractivity contribution is -0.139. The van der Waals surface area contributed by atoms with Gasteiger partial charge in [-0.2, -0.15) is 0 Å². The Balaban J connectivity index is 2.40. The van der Waals surface area contributed by atoms with Crippen molar-refractivity contribution >= 4 is 27.4 Å². The van der Waals surface area contributed by atoms with Gasteiger partial charge in [-0.25, -0.2) is 8.42 Å². The molecule has 0 aliphatic carbocycles. The SMILES string of the molecule is CCCCCC(CC(=O)Nc1cc(CC(=O)OC)ccc1C(C)(C)C)c1ccc(S(=O)(=O)CC)cc1OC. The lowest BCUT2D eigenvalue weighted by Gasteiger charge is -2.25. The average Bonchev–Trinajstić information content (AvgIpc) is 2.87. The smallest absolute Gasteiger partial charge is 0.309 e. The van der Waals surface area contributed by atoms with E-state index in [-0.39, 0.29) is 46.7 Å². The minimum absolute atomic E-state index is 0.00296. The Morgan fingerprint density at radius 1 is 1.00 bits per heavy atom. The molecule has 0 heterocycles. The minimum atomic E-state index is -3.38. The summed E-state index contributed by atoms with van der Waals surface area (Å²) < 4.78 is 35.2. The van der Waals surface area contributed by atoms with Crippen molar-refractivity contribution in [2.24, 2.45) is 0 Å². The van der Waals surface area contributed by atoms with Gasteiger partial charge in [-0.15, -0.1) is 0 Å². The van der Waals surface area contributed by atoms with Gasteiger partial charge < -0.3 is 14.8 Å². The van der Waals surface area contributed by atoms with Crippen LogP contribution in [0.2, 0.25) is 0 Å². The van der Waals surface area contributed by atoms with Gasteiger partial charge in [0.25, 0.3) is 0 Å². The fourth-order valence-electron chi connectivity index (χ4n) is 4.52. The van der Waals surface area contributed by atoms with Crippen LogP contribution < -0.4 is 10.1 Å². The first-order chi connectivity index (χ1) is 17.9. The number of carbonyl (C=O) groups is 2. The molecule has 2 rings (SSSR count). The number of benzene rings is 2. The van der Waals surface area contributed by atoms with Crippen molar-refractivity contribution in [2.45, 2.75) is 89.4 Å². The Kier molecular flexibility index (Phi) is 11.4. The molecule has 1 atom stereocenters. The number of hydrogen-bond donors (Lipinski definition) is 1. The van der Waals surface area contributed by atoms with Crippen LogP contribution in [-0.4, -0.2) is 40.3 Å². The van der Waals surface area contributed by atoms with Gasteiger partial charge in [0.15, 0.2) is 9.84 Å². The van der Waals surface area contributed by atoms with E-state index in [1.165, 1.54) is 14.2 Å². The highest BCUT2D eigenvalue weighted by Gasteiger charge is 2.24. The van der Waals surface area contributed by atoms with Crippen molar-refractivity contribution in [2.75, 3.05) is 25.3 Å². The van der Waals surface area contributed by atoms with Gasteiger partial charge in [0.05, 0.1) is 31.3 Å². The summed E-state index contributed by atoms with van der Waals surface area (Å²) in [5.74, 6) is -0.166. The summed E-state index contributed by atoms with van der Waals surface area (Å²) in [4.78, 5) is 25.5. The maximum atomic E-state index is 13.4. The van der Waals surface area contributed by atoms with Gasteiger partial charge in [-0.3, -0.25) is 9.59 Å². The number of carbonyl (C=O) groups excluding carboxylic acids is 2. The molecule has 0 aromatic heterocycles. The molecule has 7 nitrogen and oxygen atoms in total. The molecule has 0 saturated heterocycles. The van der Waals surface area contributed by atoms with Crippen molar-refractivity contribution in [1.82, 2.24) is 0 Å². The van der Waals surface area contributed by atoms with E-state index in [0.717, 1.165) is 42.4 Å². The molecule has 0 aliphatic heterocycles. The summed E-state index contributed by atoms with van der Waals surface area (Å²) in [5.41, 5.74) is 3.00. The summed E-state index contributed by atoms with van der Waals surface area (Å²) >= 11 is 0. The molecule has 0 spiro atoms. The second-order valence-corrected chi connectivity index (χ2v) is 12.9. The molecular formula is C30H43NO6S. The molecule has 1 unspecified atom stereocenters. The quantitative estimate of drug-likeness (QED) is 0.238. The van der Waals surface area contributed by atoms with Crippen molar-refractivity contribution in [1.29, 1.82) is 0 Å². The lowest BCUT2D eigenvalue weighted by Crippen LogP contribution is -2.21. The Morgan fingerprint density at radius 3 is 2.29 bits per heavy atom. The molecule has 210 valence electrons. The van der Waals surface area contributed by atoms with E-state index in [9.17, 15) is 18.0 Å². The molecule has 2 aromatic carbocycles. The highest BCUT2D eigenvalue weighted by molar-refractivity contribution is 7.91. The maximum Gasteiger partial charge on any atom is 0.309 e. The number of ether oxygens (including phenoxy) is 2. The van der Waals surface area contributed by atoms with Gasteiger partial charge in [-0.1, -0.05) is 72.1 Å². The third-order valence-corrected chi connectivity index (χ3v) is 8.45. The van der Waals surface area contributed by atoms with Crippen molar-refractivity contribution in [3.05, 3.63) is 53.1 Å². The monoisotopic (exact) mass is 545 g/mol. The molecule has 0 fully saturated rings. The molecule has 1 amide bonds. The number of esters is 1. The zero-order valence-electron chi connectivity index (χ0n) is 23.8. The molecule has 1 N–H and O–H groups in total. The topological polar surface area (TPSA) is 98.8 Å². The highest BCUT2D eigenvalue weighted by atomic mass is 32.2.